The fraction of sp³-hybridized carbons (Fsp3) is 0.154. The Kier molecular flexibility index (Phi) is 4.30. The van der Waals surface area contributed by atoms with Gasteiger partial charge in [0.25, 0.3) is 11.7 Å². The first-order chi connectivity index (χ1) is 9.22. The highest BCUT2D eigenvalue weighted by molar-refractivity contribution is 6.67. The predicted molar refractivity (Wildman–Crippen MR) is 67.8 cm³/mol. The highest BCUT2D eigenvalue weighted by Gasteiger charge is 2.12. The zero-order chi connectivity index (χ0) is 13.7. The van der Waals surface area contributed by atoms with E-state index in [0.717, 1.165) is 0 Å². The molecule has 0 aliphatic rings. The summed E-state index contributed by atoms with van der Waals surface area (Å²) in [5.74, 6) is 0.536. The Morgan fingerprint density at radius 3 is 3.05 bits per heavy atom. The maximum atomic E-state index is 11.1. The Labute approximate surface area is 114 Å². The maximum Gasteiger partial charge on any atom is 0.293 e. The summed E-state index contributed by atoms with van der Waals surface area (Å²) < 4.78 is 9.93. The molecule has 1 aromatic heterocycles. The van der Waals surface area contributed by atoms with E-state index in [1.807, 2.05) is 0 Å². The van der Waals surface area contributed by atoms with Crippen LogP contribution in [0.2, 0.25) is 0 Å². The van der Waals surface area contributed by atoms with Gasteiger partial charge in [-0.25, -0.2) is 4.98 Å². The molecule has 1 aromatic carbocycles. The summed E-state index contributed by atoms with van der Waals surface area (Å²) in [4.78, 5) is 25.3. The van der Waals surface area contributed by atoms with Gasteiger partial charge in [-0.3, -0.25) is 9.59 Å². The Hall–Kier alpha value is -2.14. The lowest BCUT2D eigenvalue weighted by atomic mass is 10.1. The summed E-state index contributed by atoms with van der Waals surface area (Å²) >= 11 is 5.43. The van der Waals surface area contributed by atoms with E-state index < -0.39 is 5.24 Å². The van der Waals surface area contributed by atoms with Gasteiger partial charge in [-0.15, -0.1) is 0 Å². The third-order valence-electron chi connectivity index (χ3n) is 2.52. The van der Waals surface area contributed by atoms with Gasteiger partial charge >= 0.3 is 0 Å². The summed E-state index contributed by atoms with van der Waals surface area (Å²) in [6.45, 7) is 0.601. The van der Waals surface area contributed by atoms with Gasteiger partial charge in [-0.05, 0) is 17.7 Å². The molecule has 0 N–H and O–H groups in total. The summed E-state index contributed by atoms with van der Waals surface area (Å²) in [7, 11) is 0. The average Bonchev–Trinajstić information content (AvgIpc) is 2.87. The van der Waals surface area contributed by atoms with Crippen molar-refractivity contribution < 1.29 is 18.7 Å². The minimum atomic E-state index is -0.535. The van der Waals surface area contributed by atoms with Gasteiger partial charge in [-0.2, -0.15) is 0 Å². The molecule has 0 spiro atoms. The van der Waals surface area contributed by atoms with Crippen LogP contribution in [0.4, 0.5) is 0 Å². The van der Waals surface area contributed by atoms with Crippen LogP contribution in [0.3, 0.4) is 0 Å². The smallest absolute Gasteiger partial charge is 0.293 e. The van der Waals surface area contributed by atoms with Gasteiger partial charge in [0, 0.05) is 17.5 Å². The molecule has 2 aromatic rings. The molecule has 0 amide bonds. The average molecular weight is 280 g/mol. The number of rotatable bonds is 6. The fourth-order valence-corrected chi connectivity index (χ4v) is 1.79. The van der Waals surface area contributed by atoms with Crippen molar-refractivity contribution in [2.45, 2.75) is 6.42 Å². The highest BCUT2D eigenvalue weighted by atomic mass is 35.5. The maximum absolute atomic E-state index is 11.1. The van der Waals surface area contributed by atoms with Crippen molar-refractivity contribution in [2.75, 3.05) is 6.61 Å². The van der Waals surface area contributed by atoms with E-state index in [1.165, 1.54) is 6.39 Å². The molecule has 0 radical (unpaired) electrons. The van der Waals surface area contributed by atoms with Crippen LogP contribution in [-0.4, -0.2) is 23.3 Å². The third kappa shape index (κ3) is 3.20. The Morgan fingerprint density at radius 1 is 1.47 bits per heavy atom. The first kappa shape index (κ1) is 13.3. The monoisotopic (exact) mass is 279 g/mol. The molecule has 0 bridgehead atoms. The van der Waals surface area contributed by atoms with E-state index in [-0.39, 0.29) is 6.61 Å². The second kappa shape index (κ2) is 6.15. The van der Waals surface area contributed by atoms with Crippen LogP contribution >= 0.6 is 11.6 Å². The van der Waals surface area contributed by atoms with Gasteiger partial charge in [0.1, 0.15) is 0 Å². The molecule has 98 valence electrons. The third-order valence-corrected chi connectivity index (χ3v) is 2.74. The van der Waals surface area contributed by atoms with Crippen molar-refractivity contribution in [3.63, 3.8) is 0 Å². The zero-order valence-electron chi connectivity index (χ0n) is 9.84. The lowest BCUT2D eigenvalue weighted by Crippen LogP contribution is -1.98. The van der Waals surface area contributed by atoms with E-state index in [0.29, 0.717) is 35.5 Å². The molecule has 5 nitrogen and oxygen atoms in total. The number of ether oxygens (including phenoxy) is 1. The Morgan fingerprint density at radius 2 is 2.32 bits per heavy atom. The Balaban J connectivity index is 2.26. The lowest BCUT2D eigenvalue weighted by Gasteiger charge is -2.02. The second-order valence-electron chi connectivity index (χ2n) is 3.70. The molecule has 0 atom stereocenters. The summed E-state index contributed by atoms with van der Waals surface area (Å²) in [6, 6.07) is 6.73. The van der Waals surface area contributed by atoms with Crippen LogP contribution in [0.5, 0.6) is 0 Å². The molecule has 0 saturated heterocycles. The van der Waals surface area contributed by atoms with Crippen molar-refractivity contribution in [2.24, 2.45) is 0 Å². The number of aromatic nitrogens is 1. The SMILES string of the molecule is O=COCCc1ncoc1-c1cccc(C(=O)Cl)c1. The highest BCUT2D eigenvalue weighted by Crippen LogP contribution is 2.24. The molecule has 1 heterocycles. The number of nitrogens with zero attached hydrogens (tertiary/aromatic N) is 1. The minimum absolute atomic E-state index is 0.219. The molecule has 2 rings (SSSR count). The van der Waals surface area contributed by atoms with Crippen LogP contribution < -0.4 is 0 Å². The first-order valence-electron chi connectivity index (χ1n) is 5.50. The van der Waals surface area contributed by atoms with E-state index >= 15 is 0 Å². The van der Waals surface area contributed by atoms with Crippen molar-refractivity contribution in [3.05, 3.63) is 41.9 Å². The van der Waals surface area contributed by atoms with Gasteiger partial charge in [0.2, 0.25) is 0 Å². The largest absolute Gasteiger partial charge is 0.467 e. The lowest BCUT2D eigenvalue weighted by molar-refractivity contribution is -0.128. The second-order valence-corrected chi connectivity index (χ2v) is 4.04. The molecule has 0 aliphatic carbocycles. The van der Waals surface area contributed by atoms with Gasteiger partial charge in [-0.1, -0.05) is 18.2 Å². The minimum Gasteiger partial charge on any atom is -0.467 e. The summed E-state index contributed by atoms with van der Waals surface area (Å²) in [5.41, 5.74) is 1.73. The zero-order valence-corrected chi connectivity index (χ0v) is 10.6. The summed E-state index contributed by atoms with van der Waals surface area (Å²) in [6.07, 6.45) is 1.74. The normalized spacial score (nSPS) is 10.2. The van der Waals surface area contributed by atoms with Crippen molar-refractivity contribution in [1.29, 1.82) is 0 Å². The fourth-order valence-electron chi connectivity index (χ4n) is 1.67. The number of halogens is 1. The predicted octanol–water partition coefficient (Wildman–Crippen LogP) is 2.44. The Bertz CT molecular complexity index is 594. The van der Waals surface area contributed by atoms with Crippen LogP contribution in [-0.2, 0) is 16.0 Å². The van der Waals surface area contributed by atoms with Crippen LogP contribution in [0.25, 0.3) is 11.3 Å². The molecule has 0 fully saturated rings. The molecular formula is C13H10ClNO4. The van der Waals surface area contributed by atoms with Crippen molar-refractivity contribution in [1.82, 2.24) is 4.98 Å². The van der Waals surface area contributed by atoms with Gasteiger partial charge in [0.05, 0.1) is 12.3 Å². The van der Waals surface area contributed by atoms with Crippen molar-refractivity contribution in [3.8, 4) is 11.3 Å². The van der Waals surface area contributed by atoms with Crippen LogP contribution in [0.1, 0.15) is 16.1 Å². The first-order valence-corrected chi connectivity index (χ1v) is 5.88. The van der Waals surface area contributed by atoms with Crippen LogP contribution in [0.15, 0.2) is 35.1 Å². The number of hydrogen-bond acceptors (Lipinski definition) is 5. The summed E-state index contributed by atoms with van der Waals surface area (Å²) in [5, 5.41) is -0.535. The number of carbonyl (C=O) groups is 2. The van der Waals surface area contributed by atoms with E-state index in [9.17, 15) is 9.59 Å². The molecule has 0 unspecified atom stereocenters. The van der Waals surface area contributed by atoms with E-state index in [1.54, 1.807) is 24.3 Å². The quantitative estimate of drug-likeness (QED) is 0.461. The molecule has 0 saturated carbocycles. The van der Waals surface area contributed by atoms with Gasteiger partial charge < -0.3 is 9.15 Å². The van der Waals surface area contributed by atoms with E-state index in [4.69, 9.17) is 16.0 Å². The number of oxazole rings is 1. The van der Waals surface area contributed by atoms with E-state index in [2.05, 4.69) is 9.72 Å². The molecule has 19 heavy (non-hydrogen) atoms. The molecule has 0 aliphatic heterocycles. The van der Waals surface area contributed by atoms with Crippen molar-refractivity contribution >= 4 is 23.3 Å². The standard InChI is InChI=1S/C13H10ClNO4/c14-13(17)10-3-1-2-9(6-10)12-11(15-7-19-12)4-5-18-8-16/h1-3,6-8H,4-5H2. The van der Waals surface area contributed by atoms with Crippen LogP contribution in [0, 0.1) is 0 Å². The molecular weight excluding hydrogens is 270 g/mol. The topological polar surface area (TPSA) is 69.4 Å². The number of benzene rings is 1. The van der Waals surface area contributed by atoms with Gasteiger partial charge in [0.15, 0.2) is 12.2 Å². The number of hydrogen-bond donors (Lipinski definition) is 0. The molecule has 6 heteroatoms. The number of carbonyl (C=O) groups excluding carboxylic acids is 2.